The summed E-state index contributed by atoms with van der Waals surface area (Å²) in [5.41, 5.74) is 0.194. The van der Waals surface area contributed by atoms with Crippen LogP contribution in [0.1, 0.15) is 50.4 Å². The van der Waals surface area contributed by atoms with Crippen molar-refractivity contribution in [3.8, 4) is 0 Å². The van der Waals surface area contributed by atoms with Gasteiger partial charge in [0, 0.05) is 12.1 Å². The van der Waals surface area contributed by atoms with Gasteiger partial charge in [-0.3, -0.25) is 4.79 Å². The van der Waals surface area contributed by atoms with Crippen LogP contribution < -0.4 is 5.32 Å². The lowest BCUT2D eigenvalue weighted by atomic mass is 10.1. The van der Waals surface area contributed by atoms with Gasteiger partial charge < -0.3 is 15.2 Å². The highest BCUT2D eigenvalue weighted by atomic mass is 32.1. The number of nitrogens with one attached hydrogen (secondary N) is 1. The van der Waals surface area contributed by atoms with Crippen molar-refractivity contribution in [2.45, 2.75) is 51.7 Å². The minimum absolute atomic E-state index is 0.185. The Labute approximate surface area is 149 Å². The zero-order valence-electron chi connectivity index (χ0n) is 14.5. The summed E-state index contributed by atoms with van der Waals surface area (Å²) in [5.74, 6) is 0.396. The minimum atomic E-state index is -0.445. The van der Waals surface area contributed by atoms with Crippen LogP contribution in [0.3, 0.4) is 0 Å². The lowest BCUT2D eigenvalue weighted by Crippen LogP contribution is -2.35. The first-order chi connectivity index (χ1) is 11.2. The molecular weight excluding hydrogens is 326 g/mol. The van der Waals surface area contributed by atoms with Crippen LogP contribution in [0.15, 0.2) is 30.3 Å². The Morgan fingerprint density at radius 3 is 2.29 bits per heavy atom. The molecule has 0 radical (unpaired) electrons. The van der Waals surface area contributed by atoms with Gasteiger partial charge in [0.1, 0.15) is 5.60 Å². The Bertz CT molecular complexity index is 528. The van der Waals surface area contributed by atoms with Gasteiger partial charge in [-0.25, -0.2) is 4.79 Å². The molecule has 0 heterocycles. The molecule has 24 heavy (non-hydrogen) atoms. The summed E-state index contributed by atoms with van der Waals surface area (Å²) in [7, 11) is 0. The number of aliphatic hydroxyl groups excluding tert-OH is 1. The number of hydrogen-bond donors (Lipinski definition) is 3. The number of carbonyl (C=O) groups is 2. The van der Waals surface area contributed by atoms with Crippen LogP contribution >= 0.6 is 12.6 Å². The molecule has 0 bridgehead atoms. The van der Waals surface area contributed by atoms with Crippen LogP contribution in [0, 0.1) is 5.92 Å². The predicted molar refractivity (Wildman–Crippen MR) is 97.3 cm³/mol. The normalized spacial score (nSPS) is 19.9. The van der Waals surface area contributed by atoms with Crippen LogP contribution in [0.25, 0.3) is 0 Å². The molecule has 2 atom stereocenters. The Morgan fingerprint density at radius 2 is 1.88 bits per heavy atom. The number of hydrogen-bond acceptors (Lipinski definition) is 4. The Hall–Kier alpha value is -1.53. The molecule has 1 fully saturated rings. The van der Waals surface area contributed by atoms with Gasteiger partial charge in [-0.05, 0) is 46.0 Å². The van der Waals surface area contributed by atoms with Gasteiger partial charge in [0.25, 0.3) is 0 Å². The highest BCUT2D eigenvalue weighted by Crippen LogP contribution is 2.24. The number of benzene rings is 1. The number of thiol groups is 1. The summed E-state index contributed by atoms with van der Waals surface area (Å²) in [6, 6.07) is 8.94. The average Bonchev–Trinajstić information content (AvgIpc) is 2.91. The minimum Gasteiger partial charge on any atom is -0.444 e. The molecule has 0 saturated heterocycles. The van der Waals surface area contributed by atoms with E-state index in [0.29, 0.717) is 18.0 Å². The number of amides is 1. The summed E-state index contributed by atoms with van der Waals surface area (Å²) < 4.78 is 5.11. The molecule has 2 N–H and O–H groups in total. The molecule has 0 aliphatic heterocycles. The maximum Gasteiger partial charge on any atom is 0.407 e. The standard InChI is InChI=1S/C11H21NO3.C7H6OS/c1-11(2,3)15-10(14)12-7-8-4-5-9(13)6-8;8-7(9)6-4-2-1-3-5-6/h8-9,13H,4-7H2,1-3H3,(H,12,14);1-5H,(H,8,9)/t8-,9?;/m0./s1. The first-order valence-corrected chi connectivity index (χ1v) is 8.55. The molecule has 1 aliphatic carbocycles. The van der Waals surface area contributed by atoms with Crippen molar-refractivity contribution >= 4 is 23.8 Å². The number of aliphatic hydroxyl groups is 1. The Morgan fingerprint density at radius 1 is 1.25 bits per heavy atom. The highest BCUT2D eigenvalue weighted by molar-refractivity contribution is 7.97. The molecule has 6 heteroatoms. The van der Waals surface area contributed by atoms with Gasteiger partial charge in [0.2, 0.25) is 5.12 Å². The van der Waals surface area contributed by atoms with Gasteiger partial charge in [0.15, 0.2) is 0 Å². The van der Waals surface area contributed by atoms with Gasteiger partial charge in [-0.2, -0.15) is 0 Å². The summed E-state index contributed by atoms with van der Waals surface area (Å²) in [4.78, 5) is 21.8. The fraction of sp³-hybridized carbons (Fsp3) is 0.556. The molecule has 1 amide bonds. The molecule has 0 aromatic heterocycles. The zero-order valence-corrected chi connectivity index (χ0v) is 15.4. The van der Waals surface area contributed by atoms with Crippen molar-refractivity contribution < 1.29 is 19.4 Å². The molecule has 2 rings (SSSR count). The topological polar surface area (TPSA) is 75.6 Å². The van der Waals surface area contributed by atoms with E-state index in [2.05, 4.69) is 17.9 Å². The maximum atomic E-state index is 11.3. The average molecular weight is 353 g/mol. The SMILES string of the molecule is CC(C)(C)OC(=O)NC[C@H]1CCC(O)C1.O=C(S)c1ccccc1. The smallest absolute Gasteiger partial charge is 0.407 e. The second-order valence-electron chi connectivity index (χ2n) is 6.89. The Kier molecular flexibility index (Phi) is 8.28. The van der Waals surface area contributed by atoms with E-state index >= 15 is 0 Å². The quantitative estimate of drug-likeness (QED) is 0.728. The molecule has 1 aliphatic rings. The molecule has 5 nitrogen and oxygen atoms in total. The lowest BCUT2D eigenvalue weighted by Gasteiger charge is -2.20. The monoisotopic (exact) mass is 353 g/mol. The summed E-state index contributed by atoms with van der Waals surface area (Å²) in [6.45, 7) is 6.12. The van der Waals surface area contributed by atoms with E-state index in [9.17, 15) is 14.7 Å². The first kappa shape index (κ1) is 20.5. The van der Waals surface area contributed by atoms with Crippen LogP contribution in [0.5, 0.6) is 0 Å². The molecule has 1 aromatic carbocycles. The Balaban J connectivity index is 0.000000272. The van der Waals surface area contributed by atoms with Crippen molar-refractivity contribution in [1.82, 2.24) is 5.32 Å². The van der Waals surface area contributed by atoms with Crippen LogP contribution in [0.4, 0.5) is 4.79 Å². The molecule has 1 aromatic rings. The first-order valence-electron chi connectivity index (χ1n) is 8.10. The van der Waals surface area contributed by atoms with Crippen molar-refractivity contribution in [3.63, 3.8) is 0 Å². The third-order valence-electron chi connectivity index (χ3n) is 3.47. The maximum absolute atomic E-state index is 11.3. The molecule has 1 saturated carbocycles. The van der Waals surface area contributed by atoms with Gasteiger partial charge in [-0.15, -0.1) is 12.6 Å². The second kappa shape index (κ2) is 9.69. The predicted octanol–water partition coefficient (Wildman–Crippen LogP) is 3.43. The van der Waals surface area contributed by atoms with Crippen LogP contribution in [-0.4, -0.2) is 34.6 Å². The molecule has 0 spiro atoms. The van der Waals surface area contributed by atoms with E-state index < -0.39 is 5.60 Å². The van der Waals surface area contributed by atoms with Gasteiger partial charge in [0.05, 0.1) is 6.10 Å². The van der Waals surface area contributed by atoms with Gasteiger partial charge in [-0.1, -0.05) is 30.3 Å². The van der Waals surface area contributed by atoms with E-state index in [4.69, 9.17) is 4.74 Å². The third kappa shape index (κ3) is 8.93. The third-order valence-corrected chi connectivity index (χ3v) is 3.73. The summed E-state index contributed by atoms with van der Waals surface area (Å²) >= 11 is 3.65. The van der Waals surface area contributed by atoms with E-state index in [1.807, 2.05) is 39.0 Å². The zero-order chi connectivity index (χ0) is 18.2. The molecule has 134 valence electrons. The number of rotatable bonds is 3. The summed E-state index contributed by atoms with van der Waals surface area (Å²) in [6.07, 6.45) is 2.06. The van der Waals surface area contributed by atoms with Crippen molar-refractivity contribution in [2.24, 2.45) is 5.92 Å². The van der Waals surface area contributed by atoms with Crippen molar-refractivity contribution in [3.05, 3.63) is 35.9 Å². The van der Waals surface area contributed by atoms with E-state index in [0.717, 1.165) is 19.3 Å². The largest absolute Gasteiger partial charge is 0.444 e. The lowest BCUT2D eigenvalue weighted by molar-refractivity contribution is 0.0517. The number of carbonyl (C=O) groups excluding carboxylic acids is 2. The summed E-state index contributed by atoms with van der Waals surface area (Å²) in [5, 5.41) is 11.9. The highest BCUT2D eigenvalue weighted by Gasteiger charge is 2.24. The number of alkyl carbamates (subject to hydrolysis) is 1. The fourth-order valence-electron chi connectivity index (χ4n) is 2.36. The number of ether oxygens (including phenoxy) is 1. The van der Waals surface area contributed by atoms with Crippen LogP contribution in [0.2, 0.25) is 0 Å². The van der Waals surface area contributed by atoms with E-state index in [1.54, 1.807) is 12.1 Å². The van der Waals surface area contributed by atoms with Crippen molar-refractivity contribution in [2.75, 3.05) is 6.54 Å². The fourth-order valence-corrected chi connectivity index (χ4v) is 2.51. The van der Waals surface area contributed by atoms with Crippen molar-refractivity contribution in [1.29, 1.82) is 0 Å². The molecule has 1 unspecified atom stereocenters. The molecular formula is C18H27NO4S. The van der Waals surface area contributed by atoms with E-state index in [-0.39, 0.29) is 17.3 Å². The second-order valence-corrected chi connectivity index (χ2v) is 7.29. The van der Waals surface area contributed by atoms with Gasteiger partial charge >= 0.3 is 6.09 Å². The van der Waals surface area contributed by atoms with E-state index in [1.165, 1.54) is 0 Å². The van der Waals surface area contributed by atoms with Crippen LogP contribution in [-0.2, 0) is 4.74 Å².